The molecular formula is C2H4NOTe+. The van der Waals surface area contributed by atoms with Gasteiger partial charge in [0.05, 0.1) is 0 Å². The van der Waals surface area contributed by atoms with Gasteiger partial charge >= 0.3 is 40.7 Å². The Hall–Kier alpha value is 0.290. The van der Waals surface area contributed by atoms with Crippen LogP contribution in [0.2, 0.25) is 0 Å². The topological polar surface area (TPSA) is 25.8 Å². The number of hydrogen-bond acceptors (Lipinski definition) is 1. The molecule has 3 heteroatoms. The maximum absolute atomic E-state index is 4.84. The average molecular weight is 186 g/mol. The summed E-state index contributed by atoms with van der Waals surface area (Å²) in [4.78, 5) is 0. The molecule has 5 heavy (non-hydrogen) atoms. The van der Waals surface area contributed by atoms with Crippen LogP contribution >= 0.6 is 0 Å². The van der Waals surface area contributed by atoms with E-state index >= 15 is 0 Å². The zero-order valence-electron chi connectivity index (χ0n) is 2.55. The summed E-state index contributed by atoms with van der Waals surface area (Å²) in [6, 6.07) is 0. The Kier molecular flexibility index (Phi) is 1.15. The van der Waals surface area contributed by atoms with E-state index in [2.05, 4.69) is 3.57 Å². The van der Waals surface area contributed by atoms with Crippen molar-refractivity contribution in [2.45, 2.75) is 0 Å². The van der Waals surface area contributed by atoms with Crippen molar-refractivity contribution in [1.29, 1.82) is 0 Å². The van der Waals surface area contributed by atoms with E-state index in [-0.39, 0.29) is 21.6 Å². The third-order valence-corrected chi connectivity index (χ3v) is 1.72. The summed E-state index contributed by atoms with van der Waals surface area (Å²) in [5.41, 5.74) is 0. The summed E-state index contributed by atoms with van der Waals surface area (Å²) < 4.78 is 6.93. The summed E-state index contributed by atoms with van der Waals surface area (Å²) in [5.74, 6) is 0. The molecule has 1 aliphatic rings. The molecule has 0 atom stereocenters. The summed E-state index contributed by atoms with van der Waals surface area (Å²) in [6.45, 7) is 0. The van der Waals surface area contributed by atoms with Gasteiger partial charge in [0.25, 0.3) is 0 Å². The quantitative estimate of drug-likeness (QED) is 0.461. The van der Waals surface area contributed by atoms with Gasteiger partial charge in [-0.1, -0.05) is 0 Å². The van der Waals surface area contributed by atoms with Crippen molar-refractivity contribution in [3.63, 3.8) is 0 Å². The van der Waals surface area contributed by atoms with Crippen LogP contribution in [0.4, 0.5) is 0 Å². The molecule has 0 radical (unpaired) electrons. The van der Waals surface area contributed by atoms with Gasteiger partial charge < -0.3 is 0 Å². The molecule has 0 aromatic rings. The second-order valence-corrected chi connectivity index (χ2v) is 2.53. The first-order valence-electron chi connectivity index (χ1n) is 1.30. The van der Waals surface area contributed by atoms with Crippen molar-refractivity contribution in [3.05, 3.63) is 12.5 Å². The van der Waals surface area contributed by atoms with E-state index in [0.717, 1.165) is 0 Å². The molecule has 28 valence electrons. The first kappa shape index (κ1) is 3.48. The fourth-order valence-corrected chi connectivity index (χ4v) is 1.08. The molecule has 0 bridgehead atoms. The van der Waals surface area contributed by atoms with E-state index in [4.69, 9.17) is 3.10 Å². The molecule has 0 amide bonds. The molecule has 1 aliphatic heterocycles. The molecule has 0 fully saturated rings. The Morgan fingerprint density at radius 3 is 3.00 bits per heavy atom. The number of hydrogen-bond donors (Lipinski definition) is 1. The van der Waals surface area contributed by atoms with Crippen molar-refractivity contribution in [2.24, 2.45) is 0 Å². The van der Waals surface area contributed by atoms with Crippen LogP contribution in [0.3, 0.4) is 0 Å². The van der Waals surface area contributed by atoms with Gasteiger partial charge in [-0.2, -0.15) is 0 Å². The van der Waals surface area contributed by atoms with Gasteiger partial charge in [0.1, 0.15) is 0 Å². The SMILES string of the molecule is C1=CO[Te][NH2+]1. The van der Waals surface area contributed by atoms with Crippen LogP contribution in [0.25, 0.3) is 0 Å². The molecule has 2 nitrogen and oxygen atoms in total. The summed E-state index contributed by atoms with van der Waals surface area (Å²) in [6.07, 6.45) is 3.68. The summed E-state index contributed by atoms with van der Waals surface area (Å²) in [5, 5.41) is 0. The Balaban J connectivity index is 2.32. The number of nitrogens with two attached hydrogens (primary N) is 1. The van der Waals surface area contributed by atoms with E-state index in [9.17, 15) is 0 Å². The van der Waals surface area contributed by atoms with Crippen LogP contribution in [0.1, 0.15) is 0 Å². The zero-order valence-corrected chi connectivity index (χ0v) is 4.88. The molecule has 0 spiro atoms. The second kappa shape index (κ2) is 1.66. The normalized spacial score (nSPS) is 19.2. The van der Waals surface area contributed by atoms with Crippen molar-refractivity contribution >= 4 is 21.6 Å². The van der Waals surface area contributed by atoms with Crippen molar-refractivity contribution < 1.29 is 6.67 Å². The molecule has 0 saturated heterocycles. The van der Waals surface area contributed by atoms with E-state index in [0.29, 0.717) is 0 Å². The summed E-state index contributed by atoms with van der Waals surface area (Å²) in [7, 11) is 0. The Morgan fingerprint density at radius 1 is 1.80 bits per heavy atom. The predicted molar refractivity (Wildman–Crippen MR) is 17.9 cm³/mol. The number of rotatable bonds is 0. The van der Waals surface area contributed by atoms with E-state index in [1.807, 2.05) is 6.20 Å². The first-order chi connectivity index (χ1) is 2.50. The second-order valence-electron chi connectivity index (χ2n) is 0.657. The van der Waals surface area contributed by atoms with Gasteiger partial charge in [-0.15, -0.1) is 0 Å². The Labute approximate surface area is 41.2 Å². The van der Waals surface area contributed by atoms with Crippen LogP contribution in [0.15, 0.2) is 12.5 Å². The molecule has 0 unspecified atom stereocenters. The Bertz CT molecular complexity index is 47.6. The minimum atomic E-state index is -0.132. The van der Waals surface area contributed by atoms with E-state index in [1.54, 1.807) is 6.26 Å². The fourth-order valence-electron chi connectivity index (χ4n) is 0.160. The minimum absolute atomic E-state index is 0.132. The standard InChI is InChI=1S/C2H3NOTe/c1-2-4-5-3-1/h1-3H/p+1. The van der Waals surface area contributed by atoms with Crippen LogP contribution in [-0.4, -0.2) is 21.6 Å². The van der Waals surface area contributed by atoms with Crippen LogP contribution in [0.5, 0.6) is 0 Å². The van der Waals surface area contributed by atoms with Crippen molar-refractivity contribution in [1.82, 2.24) is 0 Å². The van der Waals surface area contributed by atoms with E-state index < -0.39 is 0 Å². The molecule has 0 aromatic carbocycles. The van der Waals surface area contributed by atoms with Crippen LogP contribution < -0.4 is 3.57 Å². The first-order valence-corrected chi connectivity index (χ1v) is 3.60. The summed E-state index contributed by atoms with van der Waals surface area (Å²) >= 11 is -0.132. The molecule has 0 aliphatic carbocycles. The fraction of sp³-hybridized carbons (Fsp3) is 0. The monoisotopic (exact) mass is 188 g/mol. The predicted octanol–water partition coefficient (Wildman–Crippen LogP) is -1.41. The number of quaternary nitrogens is 1. The van der Waals surface area contributed by atoms with Gasteiger partial charge in [-0.25, -0.2) is 0 Å². The molecule has 1 rings (SSSR count). The molecular weight excluding hydrogens is 182 g/mol. The van der Waals surface area contributed by atoms with Crippen LogP contribution in [-0.2, 0) is 3.10 Å². The third-order valence-electron chi connectivity index (χ3n) is 0.324. The van der Waals surface area contributed by atoms with Crippen molar-refractivity contribution in [3.8, 4) is 0 Å². The Morgan fingerprint density at radius 2 is 2.80 bits per heavy atom. The molecule has 2 N–H and O–H groups in total. The molecule has 0 saturated carbocycles. The van der Waals surface area contributed by atoms with Gasteiger partial charge in [0.15, 0.2) is 0 Å². The average Bonchev–Trinajstić information content (AvgIpc) is 1.76. The zero-order chi connectivity index (χ0) is 3.54. The molecule has 1 heterocycles. The van der Waals surface area contributed by atoms with Crippen LogP contribution in [0, 0.1) is 0 Å². The van der Waals surface area contributed by atoms with Gasteiger partial charge in [-0.3, -0.25) is 0 Å². The third kappa shape index (κ3) is 0.804. The van der Waals surface area contributed by atoms with E-state index in [1.165, 1.54) is 0 Å². The van der Waals surface area contributed by atoms with Gasteiger partial charge in [0, 0.05) is 0 Å². The van der Waals surface area contributed by atoms with Crippen molar-refractivity contribution in [2.75, 3.05) is 0 Å². The molecule has 0 aromatic heterocycles. The van der Waals surface area contributed by atoms with Gasteiger partial charge in [-0.05, 0) is 0 Å². The van der Waals surface area contributed by atoms with Gasteiger partial charge in [0.2, 0.25) is 0 Å². The maximum atomic E-state index is 4.84.